The van der Waals surface area contributed by atoms with E-state index in [2.05, 4.69) is 33.8 Å². The molecular weight excluding hydrogens is 322 g/mol. The number of fused-ring (bicyclic) bond motifs is 1. The van der Waals surface area contributed by atoms with Gasteiger partial charge < -0.3 is 10.6 Å². The minimum absolute atomic E-state index is 0.218. The molecule has 0 radical (unpaired) electrons. The third-order valence-corrected chi connectivity index (χ3v) is 4.82. The molecule has 124 valence electrons. The van der Waals surface area contributed by atoms with E-state index in [1.165, 1.54) is 11.6 Å². The lowest BCUT2D eigenvalue weighted by molar-refractivity contribution is 0.602. The Bertz CT molecular complexity index is 950. The van der Waals surface area contributed by atoms with E-state index in [9.17, 15) is 8.42 Å². The number of hydrogen-bond acceptors (Lipinski definition) is 5. The van der Waals surface area contributed by atoms with Crippen molar-refractivity contribution in [2.24, 2.45) is 0 Å². The fourth-order valence-corrected chi connectivity index (χ4v) is 3.38. The standard InChI is InChI=1S/C18H19N3O2S/c1-24(22,23)17-10-5-11-20-18(17)21-13-12-19-16-9-4-7-14-6-2-3-8-15(14)16/h2-11,19H,12-13H2,1H3,(H,20,21). The first-order chi connectivity index (χ1) is 11.6. The highest BCUT2D eigenvalue weighted by atomic mass is 32.2. The van der Waals surface area contributed by atoms with Gasteiger partial charge in [-0.3, -0.25) is 0 Å². The number of aromatic nitrogens is 1. The Balaban J connectivity index is 1.66. The molecule has 1 aromatic heterocycles. The summed E-state index contributed by atoms with van der Waals surface area (Å²) < 4.78 is 23.5. The van der Waals surface area contributed by atoms with Gasteiger partial charge in [-0.2, -0.15) is 0 Å². The van der Waals surface area contributed by atoms with Gasteiger partial charge in [0, 0.05) is 36.6 Å². The van der Waals surface area contributed by atoms with Crippen molar-refractivity contribution in [3.05, 3.63) is 60.8 Å². The van der Waals surface area contributed by atoms with Crippen LogP contribution in [0.25, 0.3) is 10.8 Å². The van der Waals surface area contributed by atoms with Crippen LogP contribution in [0.1, 0.15) is 0 Å². The van der Waals surface area contributed by atoms with Gasteiger partial charge in [-0.25, -0.2) is 13.4 Å². The highest BCUT2D eigenvalue weighted by Crippen LogP contribution is 2.22. The SMILES string of the molecule is CS(=O)(=O)c1cccnc1NCCNc1cccc2ccccc12. The highest BCUT2D eigenvalue weighted by Gasteiger charge is 2.13. The van der Waals surface area contributed by atoms with Crippen LogP contribution >= 0.6 is 0 Å². The van der Waals surface area contributed by atoms with Gasteiger partial charge in [0.25, 0.3) is 0 Å². The van der Waals surface area contributed by atoms with Gasteiger partial charge in [-0.05, 0) is 23.6 Å². The highest BCUT2D eigenvalue weighted by molar-refractivity contribution is 7.90. The molecule has 0 bridgehead atoms. The summed E-state index contributed by atoms with van der Waals surface area (Å²) in [5.41, 5.74) is 1.05. The van der Waals surface area contributed by atoms with Gasteiger partial charge in [-0.1, -0.05) is 36.4 Å². The van der Waals surface area contributed by atoms with Crippen molar-refractivity contribution in [1.29, 1.82) is 0 Å². The summed E-state index contributed by atoms with van der Waals surface area (Å²) >= 11 is 0. The Morgan fingerprint density at radius 3 is 2.50 bits per heavy atom. The van der Waals surface area contributed by atoms with Crippen molar-refractivity contribution in [3.8, 4) is 0 Å². The van der Waals surface area contributed by atoms with Crippen LogP contribution in [0, 0.1) is 0 Å². The maximum Gasteiger partial charge on any atom is 0.179 e. The lowest BCUT2D eigenvalue weighted by Crippen LogP contribution is -2.16. The van der Waals surface area contributed by atoms with Crippen LogP contribution in [0.4, 0.5) is 11.5 Å². The molecule has 24 heavy (non-hydrogen) atoms. The Hall–Kier alpha value is -2.60. The van der Waals surface area contributed by atoms with Gasteiger partial charge in [0.15, 0.2) is 9.84 Å². The molecule has 0 saturated carbocycles. The number of pyridine rings is 1. The Morgan fingerprint density at radius 2 is 1.67 bits per heavy atom. The normalized spacial score (nSPS) is 11.4. The molecule has 0 aliphatic carbocycles. The van der Waals surface area contributed by atoms with Crippen LogP contribution in [0.3, 0.4) is 0 Å². The zero-order valence-electron chi connectivity index (χ0n) is 13.4. The second-order valence-electron chi connectivity index (χ2n) is 5.50. The first-order valence-corrected chi connectivity index (χ1v) is 9.55. The molecular formula is C18H19N3O2S. The minimum atomic E-state index is -3.30. The molecule has 0 amide bonds. The average Bonchev–Trinajstić information content (AvgIpc) is 2.58. The number of rotatable bonds is 6. The van der Waals surface area contributed by atoms with E-state index >= 15 is 0 Å². The molecule has 3 rings (SSSR count). The summed E-state index contributed by atoms with van der Waals surface area (Å²) in [7, 11) is -3.30. The zero-order valence-corrected chi connectivity index (χ0v) is 14.2. The molecule has 0 aliphatic rings. The van der Waals surface area contributed by atoms with Crippen LogP contribution in [0.15, 0.2) is 65.7 Å². The minimum Gasteiger partial charge on any atom is -0.383 e. The second kappa shape index (κ2) is 6.88. The Morgan fingerprint density at radius 1 is 0.917 bits per heavy atom. The average molecular weight is 341 g/mol. The van der Waals surface area contributed by atoms with Crippen LogP contribution in [-0.4, -0.2) is 32.7 Å². The lowest BCUT2D eigenvalue weighted by Gasteiger charge is -2.12. The van der Waals surface area contributed by atoms with E-state index in [4.69, 9.17) is 0 Å². The van der Waals surface area contributed by atoms with Crippen LogP contribution < -0.4 is 10.6 Å². The molecule has 0 saturated heterocycles. The molecule has 0 fully saturated rings. The van der Waals surface area contributed by atoms with E-state index in [0.29, 0.717) is 18.9 Å². The van der Waals surface area contributed by atoms with Crippen molar-refractivity contribution in [1.82, 2.24) is 4.98 Å². The predicted octanol–water partition coefficient (Wildman–Crippen LogP) is 3.16. The summed E-state index contributed by atoms with van der Waals surface area (Å²) in [5, 5.41) is 8.80. The summed E-state index contributed by atoms with van der Waals surface area (Å²) in [6, 6.07) is 17.5. The van der Waals surface area contributed by atoms with Crippen molar-refractivity contribution in [3.63, 3.8) is 0 Å². The zero-order chi connectivity index (χ0) is 17.0. The first kappa shape index (κ1) is 16.3. The maximum atomic E-state index is 11.8. The van der Waals surface area contributed by atoms with Crippen molar-refractivity contribution in [2.75, 3.05) is 30.0 Å². The van der Waals surface area contributed by atoms with Crippen LogP contribution in [-0.2, 0) is 9.84 Å². The number of hydrogen-bond donors (Lipinski definition) is 2. The van der Waals surface area contributed by atoms with Crippen molar-refractivity contribution >= 4 is 32.1 Å². The molecule has 5 nitrogen and oxygen atoms in total. The van der Waals surface area contributed by atoms with Gasteiger partial charge in [0.2, 0.25) is 0 Å². The van der Waals surface area contributed by atoms with Crippen molar-refractivity contribution in [2.45, 2.75) is 4.90 Å². The summed E-state index contributed by atoms with van der Waals surface area (Å²) in [5.74, 6) is 0.389. The summed E-state index contributed by atoms with van der Waals surface area (Å²) in [6.07, 6.45) is 2.76. The molecule has 0 atom stereocenters. The fraction of sp³-hybridized carbons (Fsp3) is 0.167. The van der Waals surface area contributed by atoms with E-state index in [0.717, 1.165) is 11.1 Å². The predicted molar refractivity (Wildman–Crippen MR) is 98.3 cm³/mol. The third-order valence-electron chi connectivity index (χ3n) is 3.69. The molecule has 0 unspecified atom stereocenters. The molecule has 2 N–H and O–H groups in total. The van der Waals surface area contributed by atoms with E-state index in [1.54, 1.807) is 18.3 Å². The van der Waals surface area contributed by atoms with E-state index in [-0.39, 0.29) is 4.90 Å². The molecule has 0 aliphatic heterocycles. The maximum absolute atomic E-state index is 11.8. The molecule has 1 heterocycles. The van der Waals surface area contributed by atoms with Gasteiger partial charge >= 0.3 is 0 Å². The van der Waals surface area contributed by atoms with E-state index < -0.39 is 9.84 Å². The van der Waals surface area contributed by atoms with Gasteiger partial charge in [-0.15, -0.1) is 0 Å². The second-order valence-corrected chi connectivity index (χ2v) is 7.49. The molecule has 2 aromatic carbocycles. The number of anilines is 2. The molecule has 3 aromatic rings. The fourth-order valence-electron chi connectivity index (χ4n) is 2.58. The quantitative estimate of drug-likeness (QED) is 0.674. The largest absolute Gasteiger partial charge is 0.383 e. The van der Waals surface area contributed by atoms with E-state index in [1.807, 2.05) is 24.3 Å². The lowest BCUT2D eigenvalue weighted by atomic mass is 10.1. The van der Waals surface area contributed by atoms with Gasteiger partial charge in [0.05, 0.1) is 0 Å². The summed E-state index contributed by atoms with van der Waals surface area (Å²) in [6.45, 7) is 1.20. The summed E-state index contributed by atoms with van der Waals surface area (Å²) in [4.78, 5) is 4.34. The number of benzene rings is 2. The molecule has 0 spiro atoms. The Labute approximate surface area is 141 Å². The first-order valence-electron chi connectivity index (χ1n) is 7.66. The molecule has 6 heteroatoms. The van der Waals surface area contributed by atoms with Crippen molar-refractivity contribution < 1.29 is 8.42 Å². The monoisotopic (exact) mass is 341 g/mol. The van der Waals surface area contributed by atoms with Gasteiger partial charge in [0.1, 0.15) is 10.7 Å². The Kier molecular flexibility index (Phi) is 4.66. The number of sulfone groups is 1. The number of nitrogens with zero attached hydrogens (tertiary/aromatic N) is 1. The van der Waals surface area contributed by atoms with Crippen LogP contribution in [0.2, 0.25) is 0 Å². The third kappa shape index (κ3) is 3.65. The topological polar surface area (TPSA) is 71.1 Å². The number of nitrogens with one attached hydrogen (secondary N) is 2. The smallest absolute Gasteiger partial charge is 0.179 e. The van der Waals surface area contributed by atoms with Crippen LogP contribution in [0.5, 0.6) is 0 Å².